The van der Waals surface area contributed by atoms with Crippen molar-refractivity contribution in [3.8, 4) is 6.07 Å². The molecule has 1 rings (SSSR count). The SMILES string of the molecule is CCCC1CCN(CCCC(C)(C)C#N)CC1. The lowest BCUT2D eigenvalue weighted by molar-refractivity contribution is 0.172. The molecular formula is C15H28N2. The molecule has 0 bridgehead atoms. The van der Waals surface area contributed by atoms with Gasteiger partial charge in [0.1, 0.15) is 0 Å². The molecule has 0 spiro atoms. The fourth-order valence-corrected chi connectivity index (χ4v) is 2.71. The highest BCUT2D eigenvalue weighted by Gasteiger charge is 2.20. The standard InChI is InChI=1S/C15H28N2/c1-4-6-14-7-11-17(12-8-14)10-5-9-15(2,3)13-16/h14H,4-12H2,1-3H3. The third-order valence-electron chi connectivity index (χ3n) is 3.98. The summed E-state index contributed by atoms with van der Waals surface area (Å²) in [6.45, 7) is 10.1. The summed E-state index contributed by atoms with van der Waals surface area (Å²) in [5.41, 5.74) is -0.138. The minimum atomic E-state index is -0.138. The van der Waals surface area contributed by atoms with E-state index in [0.717, 1.165) is 12.3 Å². The zero-order chi connectivity index (χ0) is 12.7. The van der Waals surface area contributed by atoms with Crippen LogP contribution in [0.15, 0.2) is 0 Å². The lowest BCUT2D eigenvalue weighted by Crippen LogP contribution is -2.34. The molecule has 0 aromatic carbocycles. The van der Waals surface area contributed by atoms with Gasteiger partial charge in [-0.1, -0.05) is 19.8 Å². The molecule has 1 heterocycles. The molecule has 1 aliphatic heterocycles. The number of hydrogen-bond acceptors (Lipinski definition) is 2. The van der Waals surface area contributed by atoms with Gasteiger partial charge in [-0.3, -0.25) is 0 Å². The van der Waals surface area contributed by atoms with Gasteiger partial charge in [-0.15, -0.1) is 0 Å². The maximum atomic E-state index is 8.96. The molecule has 2 heteroatoms. The quantitative estimate of drug-likeness (QED) is 0.701. The molecule has 17 heavy (non-hydrogen) atoms. The maximum absolute atomic E-state index is 8.96. The van der Waals surface area contributed by atoms with Crippen molar-refractivity contribution in [3.05, 3.63) is 0 Å². The summed E-state index contributed by atoms with van der Waals surface area (Å²) in [6, 6.07) is 2.38. The van der Waals surface area contributed by atoms with Crippen molar-refractivity contribution >= 4 is 0 Å². The van der Waals surface area contributed by atoms with E-state index in [1.165, 1.54) is 51.7 Å². The number of nitriles is 1. The van der Waals surface area contributed by atoms with Gasteiger partial charge in [-0.05, 0) is 65.1 Å². The Labute approximate surface area is 107 Å². The first-order valence-corrected chi connectivity index (χ1v) is 7.21. The summed E-state index contributed by atoms with van der Waals surface area (Å²) in [7, 11) is 0. The minimum Gasteiger partial charge on any atom is -0.303 e. The summed E-state index contributed by atoms with van der Waals surface area (Å²) in [6.07, 6.45) is 7.71. The first kappa shape index (κ1) is 14.5. The molecule has 98 valence electrons. The van der Waals surface area contributed by atoms with Crippen molar-refractivity contribution in [2.45, 2.75) is 59.3 Å². The van der Waals surface area contributed by atoms with E-state index in [0.29, 0.717) is 0 Å². The molecule has 1 fully saturated rings. The first-order valence-electron chi connectivity index (χ1n) is 7.21. The Hall–Kier alpha value is -0.550. The number of hydrogen-bond donors (Lipinski definition) is 0. The van der Waals surface area contributed by atoms with Crippen molar-refractivity contribution in [1.29, 1.82) is 5.26 Å². The van der Waals surface area contributed by atoms with Crippen LogP contribution in [0.5, 0.6) is 0 Å². The molecule has 0 saturated carbocycles. The predicted molar refractivity (Wildman–Crippen MR) is 72.7 cm³/mol. The van der Waals surface area contributed by atoms with Gasteiger partial charge in [0.25, 0.3) is 0 Å². The average molecular weight is 236 g/mol. The summed E-state index contributed by atoms with van der Waals surface area (Å²) in [4.78, 5) is 2.58. The molecule has 0 radical (unpaired) electrons. The number of piperidine rings is 1. The summed E-state index contributed by atoms with van der Waals surface area (Å²) >= 11 is 0. The van der Waals surface area contributed by atoms with Gasteiger partial charge < -0.3 is 4.90 Å². The second-order valence-corrected chi connectivity index (χ2v) is 6.17. The second kappa shape index (κ2) is 7.01. The average Bonchev–Trinajstić information content (AvgIpc) is 2.32. The molecule has 0 amide bonds. The summed E-state index contributed by atoms with van der Waals surface area (Å²) in [5, 5.41) is 8.96. The predicted octanol–water partition coefficient (Wildman–Crippen LogP) is 3.83. The Bertz CT molecular complexity index is 244. The fraction of sp³-hybridized carbons (Fsp3) is 0.933. The Balaban J connectivity index is 2.13. The lowest BCUT2D eigenvalue weighted by Gasteiger charge is -2.32. The van der Waals surface area contributed by atoms with Crippen LogP contribution in [0, 0.1) is 22.7 Å². The van der Waals surface area contributed by atoms with Crippen molar-refractivity contribution < 1.29 is 0 Å². The Morgan fingerprint density at radius 3 is 2.47 bits per heavy atom. The van der Waals surface area contributed by atoms with E-state index >= 15 is 0 Å². The van der Waals surface area contributed by atoms with Crippen molar-refractivity contribution in [2.24, 2.45) is 11.3 Å². The Kier molecular flexibility index (Phi) is 5.98. The molecular weight excluding hydrogens is 208 g/mol. The lowest BCUT2D eigenvalue weighted by atomic mass is 9.89. The van der Waals surface area contributed by atoms with Gasteiger partial charge in [-0.25, -0.2) is 0 Å². The summed E-state index contributed by atoms with van der Waals surface area (Å²) in [5.74, 6) is 0.979. The van der Waals surface area contributed by atoms with Gasteiger partial charge in [0.05, 0.1) is 11.5 Å². The smallest absolute Gasteiger partial charge is 0.0683 e. The number of nitrogens with zero attached hydrogens (tertiary/aromatic N) is 2. The van der Waals surface area contributed by atoms with E-state index in [1.54, 1.807) is 0 Å². The van der Waals surface area contributed by atoms with Crippen LogP contribution in [0.25, 0.3) is 0 Å². The van der Waals surface area contributed by atoms with Crippen LogP contribution in [0.3, 0.4) is 0 Å². The van der Waals surface area contributed by atoms with Crippen molar-refractivity contribution in [1.82, 2.24) is 4.90 Å². The maximum Gasteiger partial charge on any atom is 0.0683 e. The van der Waals surface area contributed by atoms with E-state index in [2.05, 4.69) is 17.9 Å². The molecule has 0 aliphatic carbocycles. The molecule has 1 saturated heterocycles. The van der Waals surface area contributed by atoms with E-state index in [1.807, 2.05) is 13.8 Å². The molecule has 0 atom stereocenters. The number of likely N-dealkylation sites (tertiary alicyclic amines) is 1. The number of rotatable bonds is 6. The van der Waals surface area contributed by atoms with Crippen LogP contribution in [-0.2, 0) is 0 Å². The second-order valence-electron chi connectivity index (χ2n) is 6.17. The van der Waals surface area contributed by atoms with Crippen LogP contribution < -0.4 is 0 Å². The van der Waals surface area contributed by atoms with E-state index in [4.69, 9.17) is 5.26 Å². The third-order valence-corrected chi connectivity index (χ3v) is 3.98. The topological polar surface area (TPSA) is 27.0 Å². The van der Waals surface area contributed by atoms with Gasteiger partial charge in [0.15, 0.2) is 0 Å². The van der Waals surface area contributed by atoms with Crippen LogP contribution in [0.4, 0.5) is 0 Å². The summed E-state index contributed by atoms with van der Waals surface area (Å²) < 4.78 is 0. The first-order chi connectivity index (χ1) is 8.07. The van der Waals surface area contributed by atoms with Gasteiger partial charge in [0, 0.05) is 0 Å². The van der Waals surface area contributed by atoms with E-state index in [9.17, 15) is 0 Å². The van der Waals surface area contributed by atoms with Crippen LogP contribution >= 0.6 is 0 Å². The van der Waals surface area contributed by atoms with E-state index in [-0.39, 0.29) is 5.41 Å². The third kappa shape index (κ3) is 5.55. The molecule has 0 N–H and O–H groups in total. The molecule has 0 aromatic heterocycles. The highest BCUT2D eigenvalue weighted by molar-refractivity contribution is 4.91. The normalized spacial score (nSPS) is 19.2. The van der Waals surface area contributed by atoms with Crippen LogP contribution in [-0.4, -0.2) is 24.5 Å². The molecule has 0 aromatic rings. The van der Waals surface area contributed by atoms with Gasteiger partial charge >= 0.3 is 0 Å². The zero-order valence-corrected chi connectivity index (χ0v) is 11.8. The van der Waals surface area contributed by atoms with E-state index < -0.39 is 0 Å². The highest BCUT2D eigenvalue weighted by Crippen LogP contribution is 2.24. The van der Waals surface area contributed by atoms with Gasteiger partial charge in [-0.2, -0.15) is 5.26 Å². The monoisotopic (exact) mass is 236 g/mol. The Morgan fingerprint density at radius 1 is 1.29 bits per heavy atom. The zero-order valence-electron chi connectivity index (χ0n) is 11.8. The van der Waals surface area contributed by atoms with Gasteiger partial charge in [0.2, 0.25) is 0 Å². The molecule has 1 aliphatic rings. The molecule has 0 unspecified atom stereocenters. The van der Waals surface area contributed by atoms with Crippen LogP contribution in [0.1, 0.15) is 59.3 Å². The highest BCUT2D eigenvalue weighted by atomic mass is 15.1. The molecule has 2 nitrogen and oxygen atoms in total. The Morgan fingerprint density at radius 2 is 1.94 bits per heavy atom. The van der Waals surface area contributed by atoms with Crippen LogP contribution in [0.2, 0.25) is 0 Å². The largest absolute Gasteiger partial charge is 0.303 e. The van der Waals surface area contributed by atoms with Crippen molar-refractivity contribution in [2.75, 3.05) is 19.6 Å². The fourth-order valence-electron chi connectivity index (χ4n) is 2.71. The van der Waals surface area contributed by atoms with Crippen molar-refractivity contribution in [3.63, 3.8) is 0 Å². The minimum absolute atomic E-state index is 0.138.